The Morgan fingerprint density at radius 2 is 2.44 bits per heavy atom. The SMILES string of the molecule is COC[C@H](C)NC(=O)c1cc2c(s1)CC[C@@H](C)C2. The molecule has 0 aromatic carbocycles. The van der Waals surface area contributed by atoms with Gasteiger partial charge in [0.05, 0.1) is 11.5 Å². The second kappa shape index (κ2) is 5.85. The molecule has 0 saturated heterocycles. The summed E-state index contributed by atoms with van der Waals surface area (Å²) in [5.41, 5.74) is 1.38. The van der Waals surface area contributed by atoms with Crippen LogP contribution in [0.5, 0.6) is 0 Å². The summed E-state index contributed by atoms with van der Waals surface area (Å²) in [4.78, 5) is 14.3. The van der Waals surface area contributed by atoms with E-state index in [-0.39, 0.29) is 11.9 Å². The van der Waals surface area contributed by atoms with Gasteiger partial charge in [0.25, 0.3) is 5.91 Å². The highest BCUT2D eigenvalue weighted by Crippen LogP contribution is 2.32. The second-order valence-corrected chi connectivity index (χ2v) is 6.37. The van der Waals surface area contributed by atoms with Gasteiger partial charge in [-0.1, -0.05) is 6.92 Å². The zero-order valence-electron chi connectivity index (χ0n) is 11.3. The molecule has 2 atom stereocenters. The number of fused-ring (bicyclic) bond motifs is 1. The largest absolute Gasteiger partial charge is 0.383 e. The van der Waals surface area contributed by atoms with Crippen LogP contribution in [0.1, 0.15) is 40.4 Å². The topological polar surface area (TPSA) is 38.3 Å². The Kier molecular flexibility index (Phi) is 4.40. The van der Waals surface area contributed by atoms with E-state index in [9.17, 15) is 4.79 Å². The first kappa shape index (κ1) is 13.6. The van der Waals surface area contributed by atoms with Crippen molar-refractivity contribution >= 4 is 17.2 Å². The monoisotopic (exact) mass is 267 g/mol. The number of rotatable bonds is 4. The van der Waals surface area contributed by atoms with Gasteiger partial charge in [-0.25, -0.2) is 0 Å². The van der Waals surface area contributed by atoms with E-state index in [1.165, 1.54) is 16.9 Å². The summed E-state index contributed by atoms with van der Waals surface area (Å²) >= 11 is 1.65. The van der Waals surface area contributed by atoms with E-state index in [0.29, 0.717) is 6.61 Å². The van der Waals surface area contributed by atoms with Gasteiger partial charge >= 0.3 is 0 Å². The predicted octanol–water partition coefficient (Wildman–Crippen LogP) is 2.64. The zero-order chi connectivity index (χ0) is 13.1. The molecule has 0 fully saturated rings. The van der Waals surface area contributed by atoms with Crippen LogP contribution in [0.15, 0.2) is 6.07 Å². The lowest BCUT2D eigenvalue weighted by atomic mass is 9.90. The van der Waals surface area contributed by atoms with Gasteiger partial charge in [-0.2, -0.15) is 0 Å². The number of carbonyl (C=O) groups is 1. The Morgan fingerprint density at radius 3 is 3.17 bits per heavy atom. The number of amides is 1. The Bertz CT molecular complexity index is 427. The lowest BCUT2D eigenvalue weighted by Crippen LogP contribution is -2.35. The molecule has 0 spiro atoms. The summed E-state index contributed by atoms with van der Waals surface area (Å²) in [5, 5.41) is 2.96. The van der Waals surface area contributed by atoms with Crippen LogP contribution in [0.3, 0.4) is 0 Å². The number of ether oxygens (including phenoxy) is 1. The molecule has 100 valence electrons. The van der Waals surface area contributed by atoms with Gasteiger partial charge < -0.3 is 10.1 Å². The molecule has 1 aromatic heterocycles. The van der Waals surface area contributed by atoms with Crippen molar-refractivity contribution in [3.05, 3.63) is 21.4 Å². The van der Waals surface area contributed by atoms with E-state index in [1.54, 1.807) is 18.4 Å². The molecule has 1 aromatic rings. The highest BCUT2D eigenvalue weighted by atomic mass is 32.1. The first-order valence-corrected chi connectivity index (χ1v) is 7.33. The Morgan fingerprint density at radius 1 is 1.67 bits per heavy atom. The summed E-state index contributed by atoms with van der Waals surface area (Å²) < 4.78 is 5.02. The smallest absolute Gasteiger partial charge is 0.261 e. The molecule has 1 aliphatic carbocycles. The minimum absolute atomic E-state index is 0.0339. The third-order valence-electron chi connectivity index (χ3n) is 3.35. The fourth-order valence-corrected chi connectivity index (χ4v) is 3.52. The third kappa shape index (κ3) is 3.12. The fraction of sp³-hybridized carbons (Fsp3) is 0.643. The lowest BCUT2D eigenvalue weighted by Gasteiger charge is -2.16. The van der Waals surface area contributed by atoms with Crippen LogP contribution in [0, 0.1) is 5.92 Å². The molecular formula is C14H21NO2S. The molecule has 0 radical (unpaired) electrons. The summed E-state index contributed by atoms with van der Waals surface area (Å²) in [6.07, 6.45) is 3.49. The molecule has 18 heavy (non-hydrogen) atoms. The highest BCUT2D eigenvalue weighted by Gasteiger charge is 2.21. The maximum atomic E-state index is 12.1. The third-order valence-corrected chi connectivity index (χ3v) is 4.58. The number of aryl methyl sites for hydroxylation is 1. The van der Waals surface area contributed by atoms with Gasteiger partial charge in [-0.05, 0) is 43.7 Å². The minimum atomic E-state index is 0.0339. The Labute approximate surface area is 113 Å². The van der Waals surface area contributed by atoms with E-state index >= 15 is 0 Å². The molecule has 1 N–H and O–H groups in total. The molecule has 1 heterocycles. The molecule has 0 unspecified atom stereocenters. The maximum Gasteiger partial charge on any atom is 0.261 e. The van der Waals surface area contributed by atoms with Crippen LogP contribution in [0.4, 0.5) is 0 Å². The summed E-state index contributed by atoms with van der Waals surface area (Å²) in [5.74, 6) is 0.780. The number of methoxy groups -OCH3 is 1. The molecule has 0 bridgehead atoms. The van der Waals surface area contributed by atoms with Crippen molar-refractivity contribution in [2.75, 3.05) is 13.7 Å². The quantitative estimate of drug-likeness (QED) is 0.910. The van der Waals surface area contributed by atoms with Crippen molar-refractivity contribution in [3.8, 4) is 0 Å². The van der Waals surface area contributed by atoms with E-state index in [2.05, 4.69) is 18.3 Å². The number of thiophene rings is 1. The Hall–Kier alpha value is -0.870. The van der Waals surface area contributed by atoms with Gasteiger partial charge in [0, 0.05) is 18.0 Å². The molecular weight excluding hydrogens is 246 g/mol. The average Bonchev–Trinajstić information content (AvgIpc) is 2.72. The number of hydrogen-bond acceptors (Lipinski definition) is 3. The maximum absolute atomic E-state index is 12.1. The van der Waals surface area contributed by atoms with Gasteiger partial charge in [-0.3, -0.25) is 4.79 Å². The predicted molar refractivity (Wildman–Crippen MR) is 74.3 cm³/mol. The average molecular weight is 267 g/mol. The van der Waals surface area contributed by atoms with Crippen molar-refractivity contribution in [1.82, 2.24) is 5.32 Å². The zero-order valence-corrected chi connectivity index (χ0v) is 12.1. The van der Waals surface area contributed by atoms with Crippen molar-refractivity contribution < 1.29 is 9.53 Å². The van der Waals surface area contributed by atoms with E-state index < -0.39 is 0 Å². The number of nitrogens with one attached hydrogen (secondary N) is 1. The van der Waals surface area contributed by atoms with Gasteiger partial charge in [0.2, 0.25) is 0 Å². The first-order chi connectivity index (χ1) is 8.60. The molecule has 2 rings (SSSR count). The number of carbonyl (C=O) groups excluding carboxylic acids is 1. The molecule has 3 nitrogen and oxygen atoms in total. The second-order valence-electron chi connectivity index (χ2n) is 5.24. The fourth-order valence-electron chi connectivity index (χ4n) is 2.40. The summed E-state index contributed by atoms with van der Waals surface area (Å²) in [7, 11) is 1.65. The van der Waals surface area contributed by atoms with Gasteiger partial charge in [0.15, 0.2) is 0 Å². The van der Waals surface area contributed by atoms with Gasteiger partial charge in [0.1, 0.15) is 0 Å². The van der Waals surface area contributed by atoms with Crippen molar-refractivity contribution in [1.29, 1.82) is 0 Å². The first-order valence-electron chi connectivity index (χ1n) is 6.51. The van der Waals surface area contributed by atoms with Crippen LogP contribution in [-0.4, -0.2) is 25.7 Å². The summed E-state index contributed by atoms with van der Waals surface area (Å²) in [6.45, 7) is 4.78. The Balaban J connectivity index is 2.03. The molecule has 0 aliphatic heterocycles. The normalized spacial score (nSPS) is 20.3. The van der Waals surface area contributed by atoms with E-state index in [0.717, 1.165) is 23.6 Å². The van der Waals surface area contributed by atoms with Crippen LogP contribution >= 0.6 is 11.3 Å². The van der Waals surface area contributed by atoms with Crippen LogP contribution in [0.2, 0.25) is 0 Å². The molecule has 1 amide bonds. The van der Waals surface area contributed by atoms with Gasteiger partial charge in [-0.15, -0.1) is 11.3 Å². The number of hydrogen-bond donors (Lipinski definition) is 1. The molecule has 1 aliphatic rings. The highest BCUT2D eigenvalue weighted by molar-refractivity contribution is 7.14. The summed E-state index contributed by atoms with van der Waals surface area (Å²) in [6, 6.07) is 2.13. The van der Waals surface area contributed by atoms with E-state index in [4.69, 9.17) is 4.74 Å². The standard InChI is InChI=1S/C14H21NO2S/c1-9-4-5-12-11(6-9)7-13(18-12)14(16)15-10(2)8-17-3/h7,9-10H,4-6,8H2,1-3H3,(H,15,16)/t9-,10+/m1/s1. The van der Waals surface area contributed by atoms with E-state index in [1.807, 2.05) is 6.92 Å². The molecule has 4 heteroatoms. The van der Waals surface area contributed by atoms with Crippen molar-refractivity contribution in [2.24, 2.45) is 5.92 Å². The van der Waals surface area contributed by atoms with Crippen LogP contribution in [0.25, 0.3) is 0 Å². The van der Waals surface area contributed by atoms with Crippen LogP contribution in [-0.2, 0) is 17.6 Å². The molecule has 0 saturated carbocycles. The minimum Gasteiger partial charge on any atom is -0.383 e. The van der Waals surface area contributed by atoms with Crippen molar-refractivity contribution in [2.45, 2.75) is 39.2 Å². The van der Waals surface area contributed by atoms with Crippen molar-refractivity contribution in [3.63, 3.8) is 0 Å². The lowest BCUT2D eigenvalue weighted by molar-refractivity contribution is 0.0909. The van der Waals surface area contributed by atoms with Crippen LogP contribution < -0.4 is 5.32 Å².